The fraction of sp³-hybridized carbons (Fsp3) is 0.500. The van der Waals surface area contributed by atoms with Crippen LogP contribution in [0, 0.1) is 5.92 Å². The highest BCUT2D eigenvalue weighted by atomic mass is 16.2. The van der Waals surface area contributed by atoms with Crippen molar-refractivity contribution in [2.75, 3.05) is 38.0 Å². The first-order valence-corrected chi connectivity index (χ1v) is 9.90. The smallest absolute Gasteiger partial charge is 0.281 e. The summed E-state index contributed by atoms with van der Waals surface area (Å²) in [6.45, 7) is 2.27. The lowest BCUT2D eigenvalue weighted by atomic mass is 10.1. The van der Waals surface area contributed by atoms with E-state index in [-0.39, 0.29) is 29.8 Å². The van der Waals surface area contributed by atoms with Gasteiger partial charge >= 0.3 is 0 Å². The first kappa shape index (κ1) is 18.5. The zero-order valence-corrected chi connectivity index (χ0v) is 15.8. The Hall–Kier alpha value is -2.90. The summed E-state index contributed by atoms with van der Waals surface area (Å²) in [6, 6.07) is 5.33. The van der Waals surface area contributed by atoms with E-state index in [0.29, 0.717) is 37.5 Å². The number of fused-ring (bicyclic) bond motifs is 1. The first-order valence-electron chi connectivity index (χ1n) is 9.90. The predicted molar refractivity (Wildman–Crippen MR) is 105 cm³/mol. The van der Waals surface area contributed by atoms with Gasteiger partial charge in [0, 0.05) is 38.3 Å². The molecular formula is C20H25N5O3. The van der Waals surface area contributed by atoms with Crippen LogP contribution in [-0.4, -0.2) is 63.7 Å². The Kier molecular flexibility index (Phi) is 5.27. The van der Waals surface area contributed by atoms with E-state index in [1.54, 1.807) is 23.2 Å². The standard InChI is InChI=1S/C20H25N5O3/c26-18(14-21-16-13-22-17-7-3-4-8-25(17)20(16)28)23-9-11-24(12-10-23)19(27)15-5-1-2-6-15/h3-4,7-8,13,15,21H,1-2,5-6,9-12,14H2. The SMILES string of the molecule is O=C(CNc1cnc2ccccn2c1=O)N1CCN(C(=O)C2CCCC2)CC1. The Morgan fingerprint density at radius 2 is 1.79 bits per heavy atom. The average Bonchev–Trinajstić information content (AvgIpc) is 3.28. The van der Waals surface area contributed by atoms with Crippen LogP contribution in [0.1, 0.15) is 25.7 Å². The van der Waals surface area contributed by atoms with E-state index in [9.17, 15) is 14.4 Å². The van der Waals surface area contributed by atoms with E-state index in [4.69, 9.17) is 0 Å². The fourth-order valence-corrected chi connectivity index (χ4v) is 4.04. The molecule has 1 saturated heterocycles. The summed E-state index contributed by atoms with van der Waals surface area (Å²) in [5.74, 6) is 0.348. The zero-order valence-electron chi connectivity index (χ0n) is 15.8. The van der Waals surface area contributed by atoms with Gasteiger partial charge in [0.05, 0.1) is 12.7 Å². The van der Waals surface area contributed by atoms with Gasteiger partial charge in [-0.05, 0) is 25.0 Å². The van der Waals surface area contributed by atoms with E-state index in [2.05, 4.69) is 10.3 Å². The molecule has 8 nitrogen and oxygen atoms in total. The van der Waals surface area contributed by atoms with Gasteiger partial charge in [-0.15, -0.1) is 0 Å². The third kappa shape index (κ3) is 3.72. The molecule has 0 atom stereocenters. The van der Waals surface area contributed by atoms with Crippen molar-refractivity contribution in [2.24, 2.45) is 5.92 Å². The van der Waals surface area contributed by atoms with Crippen LogP contribution in [0.5, 0.6) is 0 Å². The van der Waals surface area contributed by atoms with Crippen LogP contribution in [0.15, 0.2) is 35.4 Å². The van der Waals surface area contributed by atoms with Crippen molar-refractivity contribution in [3.05, 3.63) is 40.9 Å². The van der Waals surface area contributed by atoms with Gasteiger partial charge in [-0.3, -0.25) is 18.8 Å². The first-order chi connectivity index (χ1) is 13.6. The molecule has 1 aliphatic heterocycles. The lowest BCUT2D eigenvalue weighted by molar-refractivity contribution is -0.141. The van der Waals surface area contributed by atoms with Gasteiger partial charge in [-0.2, -0.15) is 0 Å². The summed E-state index contributed by atoms with van der Waals surface area (Å²) < 4.78 is 1.44. The van der Waals surface area contributed by atoms with Gasteiger partial charge in [0.1, 0.15) is 11.3 Å². The van der Waals surface area contributed by atoms with E-state index in [1.807, 2.05) is 11.0 Å². The number of hydrogen-bond acceptors (Lipinski definition) is 5. The fourth-order valence-electron chi connectivity index (χ4n) is 4.04. The molecule has 0 aromatic carbocycles. The molecule has 2 aromatic rings. The van der Waals surface area contributed by atoms with Gasteiger partial charge in [0.25, 0.3) is 5.56 Å². The molecule has 1 aliphatic carbocycles. The van der Waals surface area contributed by atoms with Crippen molar-refractivity contribution in [3.8, 4) is 0 Å². The maximum Gasteiger partial charge on any atom is 0.281 e. The van der Waals surface area contributed by atoms with E-state index in [0.717, 1.165) is 25.7 Å². The Labute approximate surface area is 163 Å². The maximum atomic E-state index is 12.5. The van der Waals surface area contributed by atoms with Crippen LogP contribution in [0.2, 0.25) is 0 Å². The number of hydrogen-bond donors (Lipinski definition) is 1. The minimum absolute atomic E-state index is 0.0341. The minimum atomic E-state index is -0.231. The molecule has 3 heterocycles. The molecule has 2 fully saturated rings. The molecule has 0 unspecified atom stereocenters. The van der Waals surface area contributed by atoms with Gasteiger partial charge in [-0.25, -0.2) is 4.98 Å². The second-order valence-corrected chi connectivity index (χ2v) is 7.45. The molecule has 148 valence electrons. The van der Waals surface area contributed by atoms with Crippen molar-refractivity contribution < 1.29 is 9.59 Å². The van der Waals surface area contributed by atoms with Crippen LogP contribution in [-0.2, 0) is 9.59 Å². The van der Waals surface area contributed by atoms with Crippen LogP contribution in [0.3, 0.4) is 0 Å². The van der Waals surface area contributed by atoms with Crippen molar-refractivity contribution in [1.29, 1.82) is 0 Å². The van der Waals surface area contributed by atoms with Crippen LogP contribution in [0.4, 0.5) is 5.69 Å². The lowest BCUT2D eigenvalue weighted by Crippen LogP contribution is -2.52. The number of aromatic nitrogens is 2. The molecule has 2 amide bonds. The van der Waals surface area contributed by atoms with Gasteiger partial charge < -0.3 is 15.1 Å². The number of nitrogens with zero attached hydrogens (tertiary/aromatic N) is 4. The molecule has 0 radical (unpaired) electrons. The molecular weight excluding hydrogens is 358 g/mol. The molecule has 4 rings (SSSR count). The van der Waals surface area contributed by atoms with E-state index >= 15 is 0 Å². The summed E-state index contributed by atoms with van der Waals surface area (Å²) >= 11 is 0. The quantitative estimate of drug-likeness (QED) is 0.850. The number of carbonyl (C=O) groups is 2. The molecule has 0 bridgehead atoms. The predicted octanol–water partition coefficient (Wildman–Crippen LogP) is 0.967. The van der Waals surface area contributed by atoms with Crippen LogP contribution in [0.25, 0.3) is 5.65 Å². The Balaban J connectivity index is 1.31. The molecule has 2 aromatic heterocycles. The molecule has 1 N–H and O–H groups in total. The van der Waals surface area contributed by atoms with Gasteiger partial charge in [-0.1, -0.05) is 18.9 Å². The summed E-state index contributed by atoms with van der Waals surface area (Å²) in [4.78, 5) is 45.3. The van der Waals surface area contributed by atoms with Crippen LogP contribution < -0.4 is 10.9 Å². The number of pyridine rings is 1. The van der Waals surface area contributed by atoms with Crippen LogP contribution >= 0.6 is 0 Å². The van der Waals surface area contributed by atoms with Crippen molar-refractivity contribution >= 4 is 23.1 Å². The zero-order chi connectivity index (χ0) is 19.5. The third-order valence-electron chi connectivity index (χ3n) is 5.69. The molecule has 2 aliphatic rings. The van der Waals surface area contributed by atoms with Crippen molar-refractivity contribution in [2.45, 2.75) is 25.7 Å². The molecule has 0 spiro atoms. The monoisotopic (exact) mass is 383 g/mol. The number of amides is 2. The highest BCUT2D eigenvalue weighted by Gasteiger charge is 2.30. The summed E-state index contributed by atoms with van der Waals surface area (Å²) in [7, 11) is 0. The number of rotatable bonds is 4. The highest BCUT2D eigenvalue weighted by molar-refractivity contribution is 5.82. The third-order valence-corrected chi connectivity index (χ3v) is 5.69. The number of carbonyl (C=O) groups excluding carboxylic acids is 2. The maximum absolute atomic E-state index is 12.5. The second-order valence-electron chi connectivity index (χ2n) is 7.45. The van der Waals surface area contributed by atoms with E-state index in [1.165, 1.54) is 10.6 Å². The Morgan fingerprint density at radius 3 is 2.54 bits per heavy atom. The topological polar surface area (TPSA) is 87.0 Å². The summed E-state index contributed by atoms with van der Waals surface area (Å²) in [6.07, 6.45) is 7.39. The number of nitrogens with one attached hydrogen (secondary N) is 1. The minimum Gasteiger partial charge on any atom is -0.370 e. The molecule has 1 saturated carbocycles. The Bertz CT molecular complexity index is 927. The highest BCUT2D eigenvalue weighted by Crippen LogP contribution is 2.26. The van der Waals surface area contributed by atoms with Crippen molar-refractivity contribution in [1.82, 2.24) is 19.2 Å². The molecule has 8 heteroatoms. The lowest BCUT2D eigenvalue weighted by Gasteiger charge is -2.36. The number of piperazine rings is 1. The summed E-state index contributed by atoms with van der Waals surface area (Å²) in [5.41, 5.74) is 0.630. The second kappa shape index (κ2) is 8.00. The normalized spacial score (nSPS) is 17.9. The van der Waals surface area contributed by atoms with E-state index < -0.39 is 0 Å². The van der Waals surface area contributed by atoms with Gasteiger partial charge in [0.2, 0.25) is 11.8 Å². The largest absolute Gasteiger partial charge is 0.370 e. The summed E-state index contributed by atoms with van der Waals surface area (Å²) in [5, 5.41) is 2.91. The van der Waals surface area contributed by atoms with Gasteiger partial charge in [0.15, 0.2) is 0 Å². The average molecular weight is 383 g/mol. The number of anilines is 1. The van der Waals surface area contributed by atoms with Crippen molar-refractivity contribution in [3.63, 3.8) is 0 Å². The molecule has 28 heavy (non-hydrogen) atoms. The Morgan fingerprint density at radius 1 is 1.07 bits per heavy atom.